The molecule has 0 atom stereocenters. The summed E-state index contributed by atoms with van der Waals surface area (Å²) >= 11 is 0. The van der Waals surface area contributed by atoms with Gasteiger partial charge in [0.25, 0.3) is 0 Å². The molecule has 1 heterocycles. The van der Waals surface area contributed by atoms with Crippen molar-refractivity contribution in [2.24, 2.45) is 0 Å². The zero-order valence-electron chi connectivity index (χ0n) is 7.60. The first-order valence-electron chi connectivity index (χ1n) is 4.38. The topological polar surface area (TPSA) is 25.2 Å². The predicted octanol–water partition coefficient (Wildman–Crippen LogP) is 2.36. The van der Waals surface area contributed by atoms with Crippen LogP contribution in [0.25, 0.3) is 0 Å². The first kappa shape index (κ1) is 11.1. The van der Waals surface area contributed by atoms with E-state index in [1.54, 1.807) is 12.3 Å². The van der Waals surface area contributed by atoms with Gasteiger partial charge in [0.15, 0.2) is 0 Å². The van der Waals surface area contributed by atoms with E-state index in [2.05, 4.69) is 5.32 Å². The van der Waals surface area contributed by atoms with Crippen LogP contribution >= 0.6 is 0 Å². The molecule has 80 valence electrons. The van der Waals surface area contributed by atoms with Gasteiger partial charge in [0.2, 0.25) is 0 Å². The molecule has 0 aromatic carbocycles. The molecule has 0 amide bonds. The van der Waals surface area contributed by atoms with E-state index in [1.807, 2.05) is 6.07 Å². The highest BCUT2D eigenvalue weighted by Gasteiger charge is 2.25. The fourth-order valence-corrected chi connectivity index (χ4v) is 1.07. The minimum atomic E-state index is -4.12. The lowest BCUT2D eigenvalue weighted by Crippen LogP contribution is -2.29. The third kappa shape index (κ3) is 4.91. The monoisotopic (exact) mass is 207 g/mol. The molecule has 0 aliphatic heterocycles. The maximum absolute atomic E-state index is 11.7. The minimum Gasteiger partial charge on any atom is -0.469 e. The molecule has 0 spiro atoms. The second kappa shape index (κ2) is 5.05. The van der Waals surface area contributed by atoms with Gasteiger partial charge >= 0.3 is 6.18 Å². The van der Waals surface area contributed by atoms with E-state index in [1.165, 1.54) is 0 Å². The Hall–Kier alpha value is -0.970. The molecule has 0 saturated heterocycles. The summed E-state index contributed by atoms with van der Waals surface area (Å²) in [6.07, 6.45) is -1.26. The highest BCUT2D eigenvalue weighted by atomic mass is 19.4. The molecule has 0 unspecified atom stereocenters. The lowest BCUT2D eigenvalue weighted by molar-refractivity contribution is -0.124. The minimum absolute atomic E-state index is 0.347. The van der Waals surface area contributed by atoms with Crippen LogP contribution in [0.5, 0.6) is 0 Å². The molecule has 1 N–H and O–H groups in total. The summed E-state index contributed by atoms with van der Waals surface area (Å²) in [6, 6.07) is 3.57. The van der Waals surface area contributed by atoms with E-state index in [0.29, 0.717) is 19.4 Å². The number of aryl methyl sites for hydroxylation is 1. The SMILES string of the molecule is FC(F)(F)CNCCCc1ccco1. The van der Waals surface area contributed by atoms with Crippen molar-refractivity contribution < 1.29 is 17.6 Å². The molecule has 1 rings (SSSR count). The highest BCUT2D eigenvalue weighted by Crippen LogP contribution is 2.12. The molecule has 2 nitrogen and oxygen atoms in total. The van der Waals surface area contributed by atoms with Crippen molar-refractivity contribution in [3.63, 3.8) is 0 Å². The van der Waals surface area contributed by atoms with Crippen molar-refractivity contribution in [1.29, 1.82) is 0 Å². The van der Waals surface area contributed by atoms with Gasteiger partial charge in [-0.25, -0.2) is 0 Å². The molecule has 0 radical (unpaired) electrons. The van der Waals surface area contributed by atoms with Crippen molar-refractivity contribution in [2.45, 2.75) is 19.0 Å². The summed E-state index contributed by atoms with van der Waals surface area (Å²) in [6.45, 7) is -0.578. The number of furan rings is 1. The highest BCUT2D eigenvalue weighted by molar-refractivity contribution is 4.97. The lowest BCUT2D eigenvalue weighted by atomic mass is 10.2. The van der Waals surface area contributed by atoms with E-state index in [-0.39, 0.29) is 0 Å². The quantitative estimate of drug-likeness (QED) is 0.750. The van der Waals surface area contributed by atoms with Gasteiger partial charge in [-0.1, -0.05) is 0 Å². The van der Waals surface area contributed by atoms with Gasteiger partial charge in [0, 0.05) is 6.42 Å². The summed E-state index contributed by atoms with van der Waals surface area (Å²) in [5, 5.41) is 2.32. The van der Waals surface area contributed by atoms with Crippen LogP contribution in [-0.2, 0) is 6.42 Å². The second-order valence-corrected chi connectivity index (χ2v) is 2.97. The third-order valence-electron chi connectivity index (χ3n) is 1.68. The molecule has 5 heteroatoms. The first-order chi connectivity index (χ1) is 6.58. The number of nitrogens with one attached hydrogen (secondary N) is 1. The second-order valence-electron chi connectivity index (χ2n) is 2.97. The average molecular weight is 207 g/mol. The van der Waals surface area contributed by atoms with Crippen molar-refractivity contribution in [3.8, 4) is 0 Å². The standard InChI is InChI=1S/C9H12F3NO/c10-9(11,12)7-13-5-1-3-8-4-2-6-14-8/h2,4,6,13H,1,3,5,7H2. The maximum atomic E-state index is 11.7. The van der Waals surface area contributed by atoms with Crippen LogP contribution in [0.3, 0.4) is 0 Å². The van der Waals surface area contributed by atoms with Gasteiger partial charge in [0.1, 0.15) is 5.76 Å². The largest absolute Gasteiger partial charge is 0.469 e. The summed E-state index contributed by atoms with van der Waals surface area (Å²) in [4.78, 5) is 0. The molecule has 0 aliphatic carbocycles. The Bertz CT molecular complexity index is 243. The van der Waals surface area contributed by atoms with E-state index in [4.69, 9.17) is 4.42 Å². The molecule has 0 fully saturated rings. The Kier molecular flexibility index (Phi) is 4.00. The predicted molar refractivity (Wildman–Crippen MR) is 46.0 cm³/mol. The van der Waals surface area contributed by atoms with E-state index >= 15 is 0 Å². The maximum Gasteiger partial charge on any atom is 0.401 e. The number of hydrogen-bond donors (Lipinski definition) is 1. The first-order valence-corrected chi connectivity index (χ1v) is 4.38. The van der Waals surface area contributed by atoms with Gasteiger partial charge in [-0.3, -0.25) is 0 Å². The van der Waals surface area contributed by atoms with Crippen LogP contribution < -0.4 is 5.32 Å². The molecule has 0 aliphatic rings. The summed E-state index contributed by atoms with van der Waals surface area (Å²) in [7, 11) is 0. The molecule has 1 aromatic heterocycles. The molecule has 0 bridgehead atoms. The number of alkyl halides is 3. The smallest absolute Gasteiger partial charge is 0.401 e. The van der Waals surface area contributed by atoms with Crippen LogP contribution in [0.1, 0.15) is 12.2 Å². The third-order valence-corrected chi connectivity index (χ3v) is 1.68. The zero-order valence-corrected chi connectivity index (χ0v) is 7.60. The van der Waals surface area contributed by atoms with Gasteiger partial charge in [-0.2, -0.15) is 13.2 Å². The fraction of sp³-hybridized carbons (Fsp3) is 0.556. The zero-order chi connectivity index (χ0) is 10.4. The van der Waals surface area contributed by atoms with E-state index < -0.39 is 12.7 Å². The van der Waals surface area contributed by atoms with Crippen molar-refractivity contribution >= 4 is 0 Å². The summed E-state index contributed by atoms with van der Waals surface area (Å²) < 4.78 is 40.1. The van der Waals surface area contributed by atoms with Crippen molar-refractivity contribution in [3.05, 3.63) is 24.2 Å². The van der Waals surface area contributed by atoms with Crippen LogP contribution in [0.2, 0.25) is 0 Å². The van der Waals surface area contributed by atoms with Crippen LogP contribution in [0.4, 0.5) is 13.2 Å². The fourth-order valence-electron chi connectivity index (χ4n) is 1.07. The van der Waals surface area contributed by atoms with Gasteiger partial charge < -0.3 is 9.73 Å². The Morgan fingerprint density at radius 3 is 2.71 bits per heavy atom. The van der Waals surface area contributed by atoms with Crippen LogP contribution in [0.15, 0.2) is 22.8 Å². The molecular formula is C9H12F3NO. The lowest BCUT2D eigenvalue weighted by Gasteiger charge is -2.06. The van der Waals surface area contributed by atoms with Crippen molar-refractivity contribution in [2.75, 3.05) is 13.1 Å². The van der Waals surface area contributed by atoms with Gasteiger partial charge in [0.05, 0.1) is 12.8 Å². The van der Waals surface area contributed by atoms with E-state index in [0.717, 1.165) is 5.76 Å². The van der Waals surface area contributed by atoms with Crippen LogP contribution in [-0.4, -0.2) is 19.3 Å². The Balaban J connectivity index is 2.00. The Morgan fingerprint density at radius 1 is 1.36 bits per heavy atom. The summed E-state index contributed by atoms with van der Waals surface area (Å²) in [5.41, 5.74) is 0. The van der Waals surface area contributed by atoms with Crippen LogP contribution in [0, 0.1) is 0 Å². The Morgan fingerprint density at radius 2 is 2.14 bits per heavy atom. The normalized spacial score (nSPS) is 11.9. The van der Waals surface area contributed by atoms with E-state index in [9.17, 15) is 13.2 Å². The number of hydrogen-bond acceptors (Lipinski definition) is 2. The average Bonchev–Trinajstić information content (AvgIpc) is 2.54. The van der Waals surface area contributed by atoms with Gasteiger partial charge in [-0.15, -0.1) is 0 Å². The molecular weight excluding hydrogens is 195 g/mol. The number of halogens is 3. The van der Waals surface area contributed by atoms with Gasteiger partial charge in [-0.05, 0) is 25.1 Å². The molecule has 14 heavy (non-hydrogen) atoms. The molecule has 1 aromatic rings. The Labute approximate surface area is 80.1 Å². The number of rotatable bonds is 5. The summed E-state index contributed by atoms with van der Waals surface area (Å²) in [5.74, 6) is 0.804. The molecule has 0 saturated carbocycles. The van der Waals surface area contributed by atoms with Crippen molar-refractivity contribution in [1.82, 2.24) is 5.32 Å².